The summed E-state index contributed by atoms with van der Waals surface area (Å²) >= 11 is 0. The van der Waals surface area contributed by atoms with Gasteiger partial charge in [0.2, 0.25) is 5.78 Å². The van der Waals surface area contributed by atoms with Crippen molar-refractivity contribution in [2.45, 2.75) is 57.3 Å². The minimum absolute atomic E-state index is 0.0259. The van der Waals surface area contributed by atoms with E-state index in [-0.39, 0.29) is 41.6 Å². The molecule has 0 aromatic heterocycles. The molecule has 0 spiro atoms. The van der Waals surface area contributed by atoms with E-state index in [1.54, 1.807) is 26.2 Å². The molecule has 0 bridgehead atoms. The van der Waals surface area contributed by atoms with Crippen LogP contribution >= 0.6 is 0 Å². The van der Waals surface area contributed by atoms with Gasteiger partial charge in [-0.2, -0.15) is 0 Å². The summed E-state index contributed by atoms with van der Waals surface area (Å²) in [6.45, 7) is 4.34. The van der Waals surface area contributed by atoms with E-state index in [1.165, 1.54) is 25.2 Å². The van der Waals surface area contributed by atoms with Crippen LogP contribution in [-0.4, -0.2) is 94.8 Å². The summed E-state index contributed by atoms with van der Waals surface area (Å²) < 4.78 is 10.7. The maximum Gasteiger partial charge on any atom is 0.322 e. The number of primary amides is 1. The number of phenolic OH excluding ortho intramolecular Hbond substituents is 1. The van der Waals surface area contributed by atoms with Crippen LogP contribution in [0.5, 0.6) is 11.5 Å². The number of ketones is 2. The lowest BCUT2D eigenvalue weighted by Crippen LogP contribution is -2.65. The third-order valence-electron chi connectivity index (χ3n) is 9.90. The summed E-state index contributed by atoms with van der Waals surface area (Å²) in [5, 5.41) is 48.9. The van der Waals surface area contributed by atoms with Crippen LogP contribution in [0.25, 0.3) is 16.9 Å². The van der Waals surface area contributed by atoms with Gasteiger partial charge in [-0.25, -0.2) is 0 Å². The zero-order chi connectivity index (χ0) is 36.1. The normalized spacial score (nSPS) is 24.1. The van der Waals surface area contributed by atoms with Gasteiger partial charge in [0.05, 0.1) is 25.8 Å². The van der Waals surface area contributed by atoms with Gasteiger partial charge in [-0.3, -0.25) is 24.1 Å². The predicted octanol–water partition coefficient (Wildman–Crippen LogP) is 2.32. The number of hydrogen-bond donors (Lipinski definition) is 6. The van der Waals surface area contributed by atoms with Crippen LogP contribution in [0.3, 0.4) is 0 Å². The van der Waals surface area contributed by atoms with Crippen molar-refractivity contribution in [3.05, 3.63) is 63.9 Å². The lowest BCUT2D eigenvalue weighted by molar-refractivity contribution is -0.153. The van der Waals surface area contributed by atoms with Crippen LogP contribution in [0, 0.1) is 17.8 Å². The molecular weight excluding hydrogens is 634 g/mol. The number of aliphatic hydroxyl groups excluding tert-OH is 2. The monoisotopic (exact) mass is 677 g/mol. The highest BCUT2D eigenvalue weighted by Crippen LogP contribution is 2.54. The number of aliphatic hydroxyl groups is 3. The molecule has 1 amide bonds. The number of nitrogens with zero attached hydrogens (tertiary/aromatic N) is 1. The number of hydrogen-bond acceptors (Lipinski definition) is 12. The zero-order valence-electron chi connectivity index (χ0n) is 28.4. The standard InChI is InChI=1S/C36H43N3O10/c1-16(2)11-23(35(46)49-6)38-15-17-7-10-25(48-5)20(12-17)19-8-9-24(40)27-21(19)13-18-14-22-29(39(3)4)31(42)28(34(37)45)33(44)36(22,47)32(43)26(18)30(27)41/h7-10,12,16,18,22-23,29,38,40-41,44,47H,11,13-15H2,1-6H3,(H2,37,45)/t18-,22-,23?,29-,36-/m0/s1. The molecule has 262 valence electrons. The van der Waals surface area contributed by atoms with E-state index in [4.69, 9.17) is 15.2 Å². The first-order valence-corrected chi connectivity index (χ1v) is 16.1. The second-order valence-electron chi connectivity index (χ2n) is 13.6. The molecule has 0 aliphatic heterocycles. The highest BCUT2D eigenvalue weighted by atomic mass is 16.5. The summed E-state index contributed by atoms with van der Waals surface area (Å²) in [6.07, 6.45) is 0.651. The minimum atomic E-state index is -2.72. The minimum Gasteiger partial charge on any atom is -0.508 e. The number of Topliss-reactive ketones (excluding diaryl/α,β-unsaturated/α-hetero) is 2. The second-order valence-corrected chi connectivity index (χ2v) is 13.6. The first kappa shape index (κ1) is 35.6. The van der Waals surface area contributed by atoms with E-state index < -0.39 is 64.1 Å². The maximum atomic E-state index is 14.2. The molecule has 5 atom stereocenters. The van der Waals surface area contributed by atoms with Gasteiger partial charge in [-0.05, 0) is 80.1 Å². The van der Waals surface area contributed by atoms with Crippen molar-refractivity contribution in [2.75, 3.05) is 28.3 Å². The van der Waals surface area contributed by atoms with E-state index >= 15 is 0 Å². The Kier molecular flexibility index (Phi) is 9.66. The van der Waals surface area contributed by atoms with Gasteiger partial charge in [0.15, 0.2) is 11.4 Å². The Hall–Kier alpha value is -4.72. The van der Waals surface area contributed by atoms with Crippen molar-refractivity contribution in [3.63, 3.8) is 0 Å². The van der Waals surface area contributed by atoms with E-state index in [0.29, 0.717) is 35.4 Å². The number of esters is 1. The number of nitrogens with two attached hydrogens (primary N) is 1. The van der Waals surface area contributed by atoms with Crippen molar-refractivity contribution >= 4 is 29.2 Å². The lowest BCUT2D eigenvalue weighted by atomic mass is 9.57. The summed E-state index contributed by atoms with van der Waals surface area (Å²) in [6, 6.07) is 6.85. The fourth-order valence-corrected chi connectivity index (χ4v) is 7.69. The molecule has 0 radical (unpaired) electrons. The molecule has 3 aliphatic rings. The third-order valence-corrected chi connectivity index (χ3v) is 9.90. The van der Waals surface area contributed by atoms with Gasteiger partial charge >= 0.3 is 5.97 Å². The van der Waals surface area contributed by atoms with Crippen molar-refractivity contribution in [1.29, 1.82) is 0 Å². The summed E-state index contributed by atoms with van der Waals surface area (Å²) in [5.74, 6) is -6.80. The fourth-order valence-electron chi connectivity index (χ4n) is 7.69. The zero-order valence-corrected chi connectivity index (χ0v) is 28.4. The molecule has 2 aromatic carbocycles. The molecular formula is C36H43N3O10. The van der Waals surface area contributed by atoms with Gasteiger partial charge in [0.25, 0.3) is 5.91 Å². The Morgan fingerprint density at radius 1 is 1.08 bits per heavy atom. The number of amides is 1. The van der Waals surface area contributed by atoms with E-state index in [2.05, 4.69) is 5.32 Å². The van der Waals surface area contributed by atoms with Crippen LogP contribution in [0.15, 0.2) is 47.2 Å². The fraction of sp³-hybridized carbons (Fsp3) is 0.444. The first-order chi connectivity index (χ1) is 23.1. The molecule has 1 saturated carbocycles. The largest absolute Gasteiger partial charge is 0.508 e. The third kappa shape index (κ3) is 5.85. The topological polar surface area (TPSA) is 209 Å². The number of carbonyl (C=O) groups is 4. The summed E-state index contributed by atoms with van der Waals surface area (Å²) in [7, 11) is 5.95. The van der Waals surface area contributed by atoms with Crippen molar-refractivity contribution in [2.24, 2.45) is 23.5 Å². The number of ether oxygens (including phenoxy) is 2. The van der Waals surface area contributed by atoms with Crippen LogP contribution in [0.4, 0.5) is 0 Å². The van der Waals surface area contributed by atoms with Crippen molar-refractivity contribution in [1.82, 2.24) is 10.2 Å². The number of likely N-dealkylation sites (N-methyl/N-ethyl adjacent to an activating group) is 1. The SMILES string of the molecule is COC(=O)C(CC(C)C)NCc1ccc(OC)c(-c2ccc(O)c3c2C[C@H]2C[C@H]4[C@H](N(C)C)C(=O)C(C(N)=O)=C(O)[C@@]4(O)C(=O)C2=C3O)c1. The Bertz CT molecular complexity index is 1790. The highest BCUT2D eigenvalue weighted by Gasteiger charge is 2.64. The van der Waals surface area contributed by atoms with E-state index in [9.17, 15) is 39.6 Å². The number of rotatable bonds is 10. The van der Waals surface area contributed by atoms with E-state index in [0.717, 1.165) is 5.56 Å². The number of fused-ring (bicyclic) bond motifs is 3. The number of methoxy groups -OCH3 is 2. The maximum absolute atomic E-state index is 14.2. The van der Waals surface area contributed by atoms with E-state index in [1.807, 2.05) is 26.0 Å². The lowest BCUT2D eigenvalue weighted by Gasteiger charge is -2.50. The number of aromatic hydroxyl groups is 1. The Balaban J connectivity index is 1.62. The molecule has 1 fully saturated rings. The Morgan fingerprint density at radius 2 is 1.78 bits per heavy atom. The van der Waals surface area contributed by atoms with Gasteiger partial charge in [-0.1, -0.05) is 26.0 Å². The number of benzene rings is 2. The van der Waals surface area contributed by atoms with Crippen LogP contribution in [0.1, 0.15) is 43.4 Å². The van der Waals surface area contributed by atoms with Crippen LogP contribution in [-0.2, 0) is 36.9 Å². The van der Waals surface area contributed by atoms with Gasteiger partial charge in [0, 0.05) is 23.6 Å². The highest BCUT2D eigenvalue weighted by molar-refractivity contribution is 6.24. The summed E-state index contributed by atoms with van der Waals surface area (Å²) in [5.41, 5.74) is 4.10. The second kappa shape index (κ2) is 13.3. The number of carbonyl (C=O) groups excluding carboxylic acids is 4. The van der Waals surface area contributed by atoms with Crippen molar-refractivity contribution < 1.29 is 49.1 Å². The molecule has 49 heavy (non-hydrogen) atoms. The molecule has 13 nitrogen and oxygen atoms in total. The molecule has 13 heteroatoms. The average Bonchev–Trinajstić information content (AvgIpc) is 3.03. The quantitative estimate of drug-likeness (QED) is 0.158. The predicted molar refractivity (Wildman–Crippen MR) is 178 cm³/mol. The average molecular weight is 678 g/mol. The van der Waals surface area contributed by atoms with Crippen LogP contribution < -0.4 is 15.8 Å². The Morgan fingerprint density at radius 3 is 2.37 bits per heavy atom. The first-order valence-electron chi connectivity index (χ1n) is 16.1. The van der Waals surface area contributed by atoms with Gasteiger partial charge in [0.1, 0.15) is 34.6 Å². The molecule has 3 aliphatic carbocycles. The number of nitrogens with one attached hydrogen (secondary N) is 1. The smallest absolute Gasteiger partial charge is 0.322 e. The molecule has 0 saturated heterocycles. The molecule has 5 rings (SSSR count). The Labute approximate surface area is 284 Å². The molecule has 0 heterocycles. The van der Waals surface area contributed by atoms with Crippen LogP contribution in [0.2, 0.25) is 0 Å². The summed E-state index contributed by atoms with van der Waals surface area (Å²) in [4.78, 5) is 53.7. The number of phenols is 1. The van der Waals surface area contributed by atoms with Gasteiger partial charge in [-0.15, -0.1) is 0 Å². The molecule has 1 unspecified atom stereocenters. The molecule has 7 N–H and O–H groups in total. The van der Waals surface area contributed by atoms with Gasteiger partial charge < -0.3 is 41.0 Å². The van der Waals surface area contributed by atoms with Crippen molar-refractivity contribution in [3.8, 4) is 22.6 Å². The molecule has 2 aromatic rings.